The van der Waals surface area contributed by atoms with Crippen LogP contribution in [0.25, 0.3) is 10.4 Å². The van der Waals surface area contributed by atoms with E-state index in [1.165, 1.54) is 4.88 Å². The van der Waals surface area contributed by atoms with Crippen molar-refractivity contribution in [2.45, 2.75) is 50.8 Å². The van der Waals surface area contributed by atoms with Crippen molar-refractivity contribution in [3.8, 4) is 10.4 Å². The zero-order chi connectivity index (χ0) is 18.1. The van der Waals surface area contributed by atoms with Crippen LogP contribution in [0.5, 0.6) is 0 Å². The minimum atomic E-state index is -0.503. The number of thiazole rings is 1. The first-order valence-corrected chi connectivity index (χ1v) is 10.2. The number of nitrogens with zero attached hydrogens (tertiary/aromatic N) is 2. The number of rotatable bonds is 4. The van der Waals surface area contributed by atoms with E-state index in [4.69, 9.17) is 0 Å². The molecule has 4 rings (SSSR count). The molecule has 2 N–H and O–H groups in total. The maximum atomic E-state index is 12.9. The molecule has 0 bridgehead atoms. The molecule has 0 radical (unpaired) electrons. The molecule has 1 amide bonds. The molecule has 27 heavy (non-hydrogen) atoms. The van der Waals surface area contributed by atoms with Crippen LogP contribution in [0.4, 0.5) is 0 Å². The molecular formula is C20H26ClN3O2S. The quantitative estimate of drug-likeness (QED) is 0.817. The van der Waals surface area contributed by atoms with Gasteiger partial charge in [-0.2, -0.15) is 0 Å². The predicted molar refractivity (Wildman–Crippen MR) is 110 cm³/mol. The van der Waals surface area contributed by atoms with Crippen LogP contribution in [0.15, 0.2) is 29.8 Å². The average molecular weight is 408 g/mol. The summed E-state index contributed by atoms with van der Waals surface area (Å²) in [6, 6.07) is 8.31. The number of aromatic nitrogens is 1. The van der Waals surface area contributed by atoms with Crippen molar-refractivity contribution in [2.24, 2.45) is 0 Å². The number of nitrogens with one attached hydrogen (secondary N) is 1. The molecular weight excluding hydrogens is 382 g/mol. The van der Waals surface area contributed by atoms with Crippen molar-refractivity contribution in [2.75, 3.05) is 13.1 Å². The van der Waals surface area contributed by atoms with Crippen LogP contribution in [-0.4, -0.2) is 45.6 Å². The lowest BCUT2D eigenvalue weighted by Gasteiger charge is -2.40. The van der Waals surface area contributed by atoms with E-state index in [2.05, 4.69) is 39.5 Å². The van der Waals surface area contributed by atoms with E-state index >= 15 is 0 Å². The Bertz CT molecular complexity index is 795. The fraction of sp³-hybridized carbons (Fsp3) is 0.500. The fourth-order valence-corrected chi connectivity index (χ4v) is 5.16. The fourth-order valence-electron chi connectivity index (χ4n) is 4.35. The number of aliphatic hydroxyl groups excluding tert-OH is 1. The number of hydrogen-bond acceptors (Lipinski definition) is 5. The summed E-state index contributed by atoms with van der Waals surface area (Å²) in [7, 11) is 0. The van der Waals surface area contributed by atoms with Gasteiger partial charge < -0.3 is 10.4 Å². The summed E-state index contributed by atoms with van der Waals surface area (Å²) in [5, 5.41) is 13.2. The van der Waals surface area contributed by atoms with Crippen molar-refractivity contribution >= 4 is 29.7 Å². The maximum Gasteiger partial charge on any atom is 0.240 e. The highest BCUT2D eigenvalue weighted by atomic mass is 35.5. The highest BCUT2D eigenvalue weighted by molar-refractivity contribution is 7.13. The van der Waals surface area contributed by atoms with Crippen molar-refractivity contribution in [3.05, 3.63) is 41.0 Å². The van der Waals surface area contributed by atoms with E-state index in [1.54, 1.807) is 11.3 Å². The minimum absolute atomic E-state index is 0. The zero-order valence-electron chi connectivity index (χ0n) is 15.5. The Labute approximate surface area is 170 Å². The third-order valence-corrected chi connectivity index (χ3v) is 6.69. The van der Waals surface area contributed by atoms with Crippen molar-refractivity contribution < 1.29 is 9.90 Å². The van der Waals surface area contributed by atoms with Crippen LogP contribution in [0, 0.1) is 6.92 Å². The molecule has 0 spiro atoms. The predicted octanol–water partition coefficient (Wildman–Crippen LogP) is 3.15. The maximum absolute atomic E-state index is 12.9. The smallest absolute Gasteiger partial charge is 0.240 e. The Morgan fingerprint density at radius 1 is 1.37 bits per heavy atom. The highest BCUT2D eigenvalue weighted by Gasteiger charge is 2.51. The van der Waals surface area contributed by atoms with E-state index in [9.17, 15) is 9.90 Å². The number of aryl methyl sites for hydroxylation is 1. The molecule has 2 saturated heterocycles. The molecule has 2 aliphatic heterocycles. The first-order valence-electron chi connectivity index (χ1n) is 9.29. The lowest BCUT2D eigenvalue weighted by Crippen LogP contribution is -2.57. The van der Waals surface area contributed by atoms with E-state index in [-0.39, 0.29) is 24.4 Å². The molecule has 2 aromatic rings. The molecule has 146 valence electrons. The van der Waals surface area contributed by atoms with Crippen LogP contribution in [-0.2, 0) is 11.3 Å². The normalized spacial score (nSPS) is 24.9. The summed E-state index contributed by atoms with van der Waals surface area (Å²) in [6.07, 6.45) is 3.18. The first kappa shape index (κ1) is 20.3. The van der Waals surface area contributed by atoms with Gasteiger partial charge in [-0.05, 0) is 43.9 Å². The number of carbonyl (C=O) groups excluding carboxylic acids is 1. The monoisotopic (exact) mass is 407 g/mol. The summed E-state index contributed by atoms with van der Waals surface area (Å²) >= 11 is 1.65. The lowest BCUT2D eigenvalue weighted by molar-refractivity contribution is -0.134. The van der Waals surface area contributed by atoms with Gasteiger partial charge in [0, 0.05) is 19.5 Å². The molecule has 2 atom stereocenters. The number of carbonyl (C=O) groups is 1. The van der Waals surface area contributed by atoms with Gasteiger partial charge in [0.05, 0.1) is 22.2 Å². The second kappa shape index (κ2) is 8.27. The molecule has 2 unspecified atom stereocenters. The van der Waals surface area contributed by atoms with Gasteiger partial charge in [-0.15, -0.1) is 23.7 Å². The van der Waals surface area contributed by atoms with Crippen molar-refractivity contribution in [1.82, 2.24) is 15.2 Å². The second-order valence-corrected chi connectivity index (χ2v) is 8.29. The Balaban J connectivity index is 0.00000210. The van der Waals surface area contributed by atoms with Gasteiger partial charge in [0.2, 0.25) is 5.91 Å². The van der Waals surface area contributed by atoms with E-state index in [0.717, 1.165) is 42.6 Å². The van der Waals surface area contributed by atoms with Gasteiger partial charge in [-0.1, -0.05) is 24.3 Å². The molecule has 2 aliphatic rings. The van der Waals surface area contributed by atoms with Gasteiger partial charge in [-0.25, -0.2) is 4.98 Å². The SMILES string of the molecule is Cc1ncsc1-c1ccc(CNC(=O)C23CCCCN2CC(O)C3)cc1.Cl. The lowest BCUT2D eigenvalue weighted by atomic mass is 9.85. The Kier molecular flexibility index (Phi) is 6.21. The summed E-state index contributed by atoms with van der Waals surface area (Å²) in [5.74, 6) is 0.0659. The number of fused-ring (bicyclic) bond motifs is 1. The van der Waals surface area contributed by atoms with Crippen LogP contribution < -0.4 is 5.32 Å². The van der Waals surface area contributed by atoms with Gasteiger partial charge in [0.15, 0.2) is 0 Å². The average Bonchev–Trinajstić information content (AvgIpc) is 3.22. The molecule has 1 aromatic heterocycles. The zero-order valence-corrected chi connectivity index (χ0v) is 17.1. The van der Waals surface area contributed by atoms with Crippen LogP contribution in [0.1, 0.15) is 36.9 Å². The molecule has 0 aliphatic carbocycles. The van der Waals surface area contributed by atoms with Crippen molar-refractivity contribution in [1.29, 1.82) is 0 Å². The Morgan fingerprint density at radius 2 is 2.15 bits per heavy atom. The van der Waals surface area contributed by atoms with Gasteiger partial charge in [0.25, 0.3) is 0 Å². The number of amides is 1. The van der Waals surface area contributed by atoms with E-state index in [1.807, 2.05) is 12.4 Å². The number of halogens is 1. The number of piperidine rings is 1. The summed E-state index contributed by atoms with van der Waals surface area (Å²) in [6.45, 7) is 4.07. The second-order valence-electron chi connectivity index (χ2n) is 7.44. The molecule has 0 saturated carbocycles. The largest absolute Gasteiger partial charge is 0.392 e. The number of benzene rings is 1. The molecule has 1 aromatic carbocycles. The standard InChI is InChI=1S/C20H25N3O2S.ClH/c1-14-18(26-13-22-14)16-6-4-15(5-7-16)11-21-19(25)20-8-2-3-9-23(20)12-17(24)10-20;/h4-7,13,17,24H,2-3,8-12H2,1H3,(H,21,25);1H. The van der Waals surface area contributed by atoms with Crippen molar-refractivity contribution in [3.63, 3.8) is 0 Å². The molecule has 5 nitrogen and oxygen atoms in total. The Hall–Kier alpha value is -1.47. The van der Waals surface area contributed by atoms with Gasteiger partial charge >= 0.3 is 0 Å². The van der Waals surface area contributed by atoms with Crippen LogP contribution >= 0.6 is 23.7 Å². The number of hydrogen-bond donors (Lipinski definition) is 2. The van der Waals surface area contributed by atoms with Gasteiger partial charge in [-0.3, -0.25) is 9.69 Å². The molecule has 2 fully saturated rings. The third-order valence-electron chi connectivity index (χ3n) is 5.72. The number of aliphatic hydroxyl groups is 1. The van der Waals surface area contributed by atoms with Crippen LogP contribution in [0.2, 0.25) is 0 Å². The summed E-state index contributed by atoms with van der Waals surface area (Å²) < 4.78 is 0. The minimum Gasteiger partial charge on any atom is -0.392 e. The third kappa shape index (κ3) is 3.90. The van der Waals surface area contributed by atoms with Gasteiger partial charge in [0.1, 0.15) is 5.54 Å². The first-order chi connectivity index (χ1) is 12.6. The van der Waals surface area contributed by atoms with Crippen LogP contribution in [0.3, 0.4) is 0 Å². The van der Waals surface area contributed by atoms with E-state index < -0.39 is 5.54 Å². The highest BCUT2D eigenvalue weighted by Crippen LogP contribution is 2.38. The summed E-state index contributed by atoms with van der Waals surface area (Å²) in [5.41, 5.74) is 4.66. The number of β-amino-alcohol motifs (C(OH)–C–C–N with tert-alkyl or cyclic N) is 1. The Morgan fingerprint density at radius 3 is 2.85 bits per heavy atom. The van der Waals surface area contributed by atoms with E-state index in [0.29, 0.717) is 19.5 Å². The summed E-state index contributed by atoms with van der Waals surface area (Å²) in [4.78, 5) is 20.6. The molecule has 3 heterocycles. The topological polar surface area (TPSA) is 65.5 Å². The molecule has 7 heteroatoms.